The summed E-state index contributed by atoms with van der Waals surface area (Å²) in [6, 6.07) is 0. The fourth-order valence-electron chi connectivity index (χ4n) is 2.52. The standard InChI is InChI=1S/C8H8O4/c9-8-2-1-3(10-8)5-7(12-5)6-4(2)11-6/h2-7H,1H2. The monoisotopic (exact) mass is 168 g/mol. The van der Waals surface area contributed by atoms with Crippen molar-refractivity contribution in [3.05, 3.63) is 0 Å². The first-order chi connectivity index (χ1) is 5.84. The molecular weight excluding hydrogens is 160 g/mol. The van der Waals surface area contributed by atoms with E-state index >= 15 is 0 Å². The Kier molecular flexibility index (Phi) is 0.762. The lowest BCUT2D eigenvalue weighted by molar-refractivity contribution is -0.145. The van der Waals surface area contributed by atoms with E-state index in [9.17, 15) is 4.79 Å². The van der Waals surface area contributed by atoms with Gasteiger partial charge in [-0.25, -0.2) is 0 Å². The van der Waals surface area contributed by atoms with E-state index in [0.29, 0.717) is 0 Å². The van der Waals surface area contributed by atoms with Crippen LogP contribution in [-0.2, 0) is 19.0 Å². The first-order valence-electron chi connectivity index (χ1n) is 4.36. The molecular formula is C8H8O4. The van der Waals surface area contributed by atoms with Crippen molar-refractivity contribution in [3.63, 3.8) is 0 Å². The van der Waals surface area contributed by atoms with Crippen LogP contribution in [-0.4, -0.2) is 36.5 Å². The van der Waals surface area contributed by atoms with Gasteiger partial charge in [-0.3, -0.25) is 4.79 Å². The first-order valence-corrected chi connectivity index (χ1v) is 4.36. The van der Waals surface area contributed by atoms with Gasteiger partial charge < -0.3 is 14.2 Å². The Labute approximate surface area is 68.8 Å². The third-order valence-corrected chi connectivity index (χ3v) is 3.27. The molecule has 0 radical (unpaired) electrons. The van der Waals surface area contributed by atoms with Gasteiger partial charge in [0.15, 0.2) is 0 Å². The zero-order chi connectivity index (χ0) is 7.87. The second-order valence-electron chi connectivity index (χ2n) is 3.95. The zero-order valence-electron chi connectivity index (χ0n) is 6.30. The van der Waals surface area contributed by atoms with E-state index in [0.717, 1.165) is 6.42 Å². The smallest absolute Gasteiger partial charge is 0.312 e. The maximum atomic E-state index is 11.3. The van der Waals surface area contributed by atoms with E-state index in [2.05, 4.69) is 0 Å². The summed E-state index contributed by atoms with van der Waals surface area (Å²) in [5.41, 5.74) is 0. The van der Waals surface area contributed by atoms with Crippen molar-refractivity contribution in [1.82, 2.24) is 0 Å². The molecule has 6 unspecified atom stereocenters. The molecule has 4 nitrogen and oxygen atoms in total. The summed E-state index contributed by atoms with van der Waals surface area (Å²) in [6.45, 7) is 0. The molecule has 4 rings (SSSR count). The number of ether oxygens (including phenoxy) is 3. The summed E-state index contributed by atoms with van der Waals surface area (Å²) < 4.78 is 15.9. The molecule has 4 heteroatoms. The van der Waals surface area contributed by atoms with Crippen LogP contribution < -0.4 is 0 Å². The van der Waals surface area contributed by atoms with Crippen LogP contribution in [0.15, 0.2) is 0 Å². The number of carbonyl (C=O) groups is 1. The van der Waals surface area contributed by atoms with Crippen LogP contribution in [0.2, 0.25) is 0 Å². The summed E-state index contributed by atoms with van der Waals surface area (Å²) in [4.78, 5) is 11.3. The van der Waals surface area contributed by atoms with Gasteiger partial charge in [-0.15, -0.1) is 0 Å². The van der Waals surface area contributed by atoms with Crippen molar-refractivity contribution in [3.8, 4) is 0 Å². The molecule has 0 amide bonds. The molecule has 4 aliphatic rings. The molecule has 64 valence electrons. The molecule has 0 aromatic rings. The number of fused-ring (bicyclic) bond motifs is 7. The highest BCUT2D eigenvalue weighted by atomic mass is 16.7. The topological polar surface area (TPSA) is 51.4 Å². The second kappa shape index (κ2) is 1.54. The summed E-state index contributed by atoms with van der Waals surface area (Å²) in [7, 11) is 0. The lowest BCUT2D eigenvalue weighted by atomic mass is 10.0. The molecule has 12 heavy (non-hydrogen) atoms. The molecule has 0 aromatic carbocycles. The van der Waals surface area contributed by atoms with Gasteiger partial charge >= 0.3 is 5.97 Å². The molecule has 0 spiro atoms. The number of rotatable bonds is 0. The summed E-state index contributed by atoms with van der Waals surface area (Å²) in [6.07, 6.45) is 1.54. The average Bonchev–Trinajstić information content (AvgIpc) is 2.89. The Morgan fingerprint density at radius 1 is 1.08 bits per heavy atom. The summed E-state index contributed by atoms with van der Waals surface area (Å²) >= 11 is 0. The molecule has 6 atom stereocenters. The van der Waals surface area contributed by atoms with Crippen molar-refractivity contribution < 1.29 is 19.0 Å². The molecule has 0 aromatic heterocycles. The number of hydrogen-bond acceptors (Lipinski definition) is 4. The Morgan fingerprint density at radius 3 is 2.75 bits per heavy atom. The number of esters is 1. The molecule has 1 aliphatic carbocycles. The fourth-order valence-corrected chi connectivity index (χ4v) is 2.52. The Hall–Kier alpha value is -0.610. The Morgan fingerprint density at radius 2 is 1.83 bits per heavy atom. The van der Waals surface area contributed by atoms with Crippen LogP contribution in [0.3, 0.4) is 0 Å². The minimum Gasteiger partial charge on any atom is -0.459 e. The molecule has 3 saturated heterocycles. The maximum absolute atomic E-state index is 11.3. The van der Waals surface area contributed by atoms with Gasteiger partial charge in [-0.2, -0.15) is 0 Å². The van der Waals surface area contributed by atoms with Gasteiger partial charge in [0.05, 0.1) is 5.92 Å². The summed E-state index contributed by atoms with van der Waals surface area (Å²) in [5, 5.41) is 0. The van der Waals surface area contributed by atoms with Crippen LogP contribution in [0.5, 0.6) is 0 Å². The number of epoxide rings is 2. The minimum absolute atomic E-state index is 0.0106. The van der Waals surface area contributed by atoms with Crippen molar-refractivity contribution >= 4 is 5.97 Å². The van der Waals surface area contributed by atoms with E-state index in [-0.39, 0.29) is 42.4 Å². The fraction of sp³-hybridized carbons (Fsp3) is 0.875. The quantitative estimate of drug-likeness (QED) is 0.360. The second-order valence-corrected chi connectivity index (χ2v) is 3.95. The molecule has 0 N–H and O–H groups in total. The van der Waals surface area contributed by atoms with Crippen LogP contribution in [0.4, 0.5) is 0 Å². The molecule has 4 fully saturated rings. The van der Waals surface area contributed by atoms with E-state index in [4.69, 9.17) is 14.2 Å². The predicted octanol–water partition coefficient (Wildman–Crippen LogP) is -0.534. The third-order valence-electron chi connectivity index (χ3n) is 3.27. The van der Waals surface area contributed by atoms with Crippen LogP contribution in [0.25, 0.3) is 0 Å². The van der Waals surface area contributed by atoms with Gasteiger partial charge in [-0.1, -0.05) is 0 Å². The van der Waals surface area contributed by atoms with E-state index in [1.54, 1.807) is 0 Å². The minimum atomic E-state index is -0.0820. The SMILES string of the molecule is O=C1OC2CC1C1OC1C1OC21. The Bertz CT molecular complexity index is 276. The lowest BCUT2D eigenvalue weighted by Gasteiger charge is -2.02. The number of carbonyl (C=O) groups excluding carboxylic acids is 1. The van der Waals surface area contributed by atoms with Crippen LogP contribution in [0, 0.1) is 5.92 Å². The summed E-state index contributed by atoms with van der Waals surface area (Å²) in [5.74, 6) is -0.0714. The lowest BCUT2D eigenvalue weighted by Crippen LogP contribution is -2.21. The molecule has 3 heterocycles. The van der Waals surface area contributed by atoms with Crippen LogP contribution in [0.1, 0.15) is 6.42 Å². The highest BCUT2D eigenvalue weighted by Crippen LogP contribution is 2.52. The maximum Gasteiger partial charge on any atom is 0.312 e. The normalized spacial score (nSPS) is 64.5. The molecule has 3 aliphatic heterocycles. The molecule has 2 bridgehead atoms. The van der Waals surface area contributed by atoms with Crippen LogP contribution >= 0.6 is 0 Å². The van der Waals surface area contributed by atoms with Crippen molar-refractivity contribution in [1.29, 1.82) is 0 Å². The Balaban J connectivity index is 1.77. The average molecular weight is 168 g/mol. The highest BCUT2D eigenvalue weighted by molar-refractivity contribution is 5.76. The van der Waals surface area contributed by atoms with Gasteiger partial charge in [-0.05, 0) is 0 Å². The predicted molar refractivity (Wildman–Crippen MR) is 35.3 cm³/mol. The molecule has 1 saturated carbocycles. The van der Waals surface area contributed by atoms with Crippen molar-refractivity contribution in [2.24, 2.45) is 5.92 Å². The van der Waals surface area contributed by atoms with Gasteiger partial charge in [0.1, 0.15) is 30.5 Å². The van der Waals surface area contributed by atoms with Crippen molar-refractivity contribution in [2.75, 3.05) is 0 Å². The van der Waals surface area contributed by atoms with Gasteiger partial charge in [0, 0.05) is 6.42 Å². The number of hydrogen-bond donors (Lipinski definition) is 0. The van der Waals surface area contributed by atoms with Gasteiger partial charge in [0.2, 0.25) is 0 Å². The largest absolute Gasteiger partial charge is 0.459 e. The van der Waals surface area contributed by atoms with E-state index in [1.807, 2.05) is 0 Å². The zero-order valence-corrected chi connectivity index (χ0v) is 6.30. The highest BCUT2D eigenvalue weighted by Gasteiger charge is 2.69. The third kappa shape index (κ3) is 0.528. The van der Waals surface area contributed by atoms with E-state index in [1.165, 1.54) is 0 Å². The first kappa shape index (κ1) is 5.94. The van der Waals surface area contributed by atoms with E-state index < -0.39 is 0 Å². The van der Waals surface area contributed by atoms with Crippen molar-refractivity contribution in [2.45, 2.75) is 36.9 Å². The van der Waals surface area contributed by atoms with Gasteiger partial charge in [0.25, 0.3) is 0 Å².